The Hall–Kier alpha value is -2.91. The number of hydrogen-bond donors (Lipinski definition) is 3. The van der Waals surface area contributed by atoms with Crippen molar-refractivity contribution in [1.29, 1.82) is 0 Å². The summed E-state index contributed by atoms with van der Waals surface area (Å²) in [6.07, 6.45) is 1.99. The molecule has 0 aromatic rings. The minimum Gasteiger partial charge on any atom is -0.444 e. The molecule has 1 aliphatic rings. The molecule has 0 radical (unpaired) electrons. The number of alkyl carbamates (subject to hydrolysis) is 1. The van der Waals surface area contributed by atoms with Gasteiger partial charge in [0.05, 0.1) is 0 Å². The van der Waals surface area contributed by atoms with Crippen LogP contribution in [-0.4, -0.2) is 59.4 Å². The molecule has 150 valence electrons. The van der Waals surface area contributed by atoms with Crippen molar-refractivity contribution in [3.05, 3.63) is 12.2 Å². The van der Waals surface area contributed by atoms with Crippen LogP contribution in [0.25, 0.3) is 0 Å². The summed E-state index contributed by atoms with van der Waals surface area (Å²) >= 11 is 0. The lowest BCUT2D eigenvalue weighted by Crippen LogP contribution is -2.46. The van der Waals surface area contributed by atoms with E-state index in [1.807, 2.05) is 0 Å². The van der Waals surface area contributed by atoms with Crippen LogP contribution in [0.15, 0.2) is 12.2 Å². The summed E-state index contributed by atoms with van der Waals surface area (Å²) in [5.41, 5.74) is 4.51. The van der Waals surface area contributed by atoms with Gasteiger partial charge in [-0.1, -0.05) is 0 Å². The number of carbonyl (C=O) groups excluding carboxylic acids is 5. The van der Waals surface area contributed by atoms with Crippen LogP contribution in [0.1, 0.15) is 40.0 Å². The second-order valence-electron chi connectivity index (χ2n) is 7.00. The highest BCUT2D eigenvalue weighted by atomic mass is 16.6. The molecule has 0 aromatic carbocycles. The molecule has 10 nitrogen and oxygen atoms in total. The van der Waals surface area contributed by atoms with Gasteiger partial charge in [0, 0.05) is 31.7 Å². The smallest absolute Gasteiger partial charge is 0.408 e. The number of nitrogens with zero attached hydrogens (tertiary/aromatic N) is 1. The van der Waals surface area contributed by atoms with Gasteiger partial charge in [-0.05, 0) is 33.6 Å². The normalized spacial score (nSPS) is 14.9. The number of primary amides is 1. The van der Waals surface area contributed by atoms with E-state index in [4.69, 9.17) is 10.5 Å². The van der Waals surface area contributed by atoms with Gasteiger partial charge in [0.25, 0.3) is 11.8 Å². The van der Waals surface area contributed by atoms with E-state index in [1.54, 1.807) is 20.8 Å². The largest absolute Gasteiger partial charge is 0.444 e. The van der Waals surface area contributed by atoms with Crippen LogP contribution >= 0.6 is 0 Å². The van der Waals surface area contributed by atoms with E-state index in [1.165, 1.54) is 12.2 Å². The first-order chi connectivity index (χ1) is 12.5. The van der Waals surface area contributed by atoms with Gasteiger partial charge in [0.15, 0.2) is 0 Å². The van der Waals surface area contributed by atoms with Crippen molar-refractivity contribution in [2.45, 2.75) is 51.7 Å². The number of imide groups is 1. The SMILES string of the molecule is CC(C)(C)OC(=O)N[C@@H](CCC(=O)NCCCN1C(=O)C=CC1=O)C(N)=O. The van der Waals surface area contributed by atoms with Crippen LogP contribution in [-0.2, 0) is 23.9 Å². The first kappa shape index (κ1) is 22.1. The van der Waals surface area contributed by atoms with E-state index in [9.17, 15) is 24.0 Å². The third-order valence-corrected chi connectivity index (χ3v) is 3.48. The molecule has 0 unspecified atom stereocenters. The number of nitrogens with one attached hydrogen (secondary N) is 2. The van der Waals surface area contributed by atoms with Gasteiger partial charge in [-0.3, -0.25) is 24.1 Å². The molecule has 1 aliphatic heterocycles. The second kappa shape index (κ2) is 9.70. The van der Waals surface area contributed by atoms with Crippen LogP contribution in [0.2, 0.25) is 0 Å². The Morgan fingerprint density at radius 2 is 1.78 bits per heavy atom. The van der Waals surface area contributed by atoms with Crippen molar-refractivity contribution in [2.24, 2.45) is 5.73 Å². The van der Waals surface area contributed by atoms with Crippen LogP contribution in [0, 0.1) is 0 Å². The van der Waals surface area contributed by atoms with E-state index in [0.717, 1.165) is 4.90 Å². The Morgan fingerprint density at radius 3 is 2.30 bits per heavy atom. The minimum atomic E-state index is -1.03. The van der Waals surface area contributed by atoms with Crippen molar-refractivity contribution in [3.63, 3.8) is 0 Å². The van der Waals surface area contributed by atoms with Crippen molar-refractivity contribution in [2.75, 3.05) is 13.1 Å². The van der Waals surface area contributed by atoms with Gasteiger partial charge < -0.3 is 21.1 Å². The number of rotatable bonds is 9. The zero-order chi connectivity index (χ0) is 20.6. The molecule has 0 saturated carbocycles. The molecule has 0 aromatic heterocycles. The molecule has 0 saturated heterocycles. The first-order valence-electron chi connectivity index (χ1n) is 8.58. The summed E-state index contributed by atoms with van der Waals surface area (Å²) < 4.78 is 5.05. The molecule has 27 heavy (non-hydrogen) atoms. The molecule has 10 heteroatoms. The number of hydrogen-bond acceptors (Lipinski definition) is 6. The molecule has 0 fully saturated rings. The van der Waals surface area contributed by atoms with E-state index < -0.39 is 23.6 Å². The van der Waals surface area contributed by atoms with Gasteiger partial charge in [0.2, 0.25) is 11.8 Å². The van der Waals surface area contributed by atoms with Crippen LogP contribution in [0.3, 0.4) is 0 Å². The van der Waals surface area contributed by atoms with Crippen LogP contribution in [0.4, 0.5) is 4.79 Å². The third kappa shape index (κ3) is 8.34. The highest BCUT2D eigenvalue weighted by molar-refractivity contribution is 6.12. The maximum absolute atomic E-state index is 11.8. The molecule has 1 rings (SSSR count). The monoisotopic (exact) mass is 382 g/mol. The fraction of sp³-hybridized carbons (Fsp3) is 0.588. The Kier molecular flexibility index (Phi) is 7.95. The lowest BCUT2D eigenvalue weighted by molar-refractivity contribution is -0.136. The summed E-state index contributed by atoms with van der Waals surface area (Å²) in [5.74, 6) is -1.86. The van der Waals surface area contributed by atoms with Crippen LogP contribution < -0.4 is 16.4 Å². The fourth-order valence-electron chi connectivity index (χ4n) is 2.22. The van der Waals surface area contributed by atoms with Crippen LogP contribution in [0.5, 0.6) is 0 Å². The third-order valence-electron chi connectivity index (χ3n) is 3.48. The zero-order valence-electron chi connectivity index (χ0n) is 15.7. The quantitative estimate of drug-likeness (QED) is 0.364. The van der Waals surface area contributed by atoms with Crippen molar-refractivity contribution in [3.8, 4) is 0 Å². The lowest BCUT2D eigenvalue weighted by Gasteiger charge is -2.22. The standard InChI is InChI=1S/C17H26N4O6/c1-17(2,3)27-16(26)20-11(15(18)25)5-6-12(22)19-9-4-10-21-13(23)7-8-14(21)24/h7-8,11H,4-6,9-10H2,1-3H3,(H2,18,25)(H,19,22)(H,20,26)/t11-/m0/s1. The molecule has 0 spiro atoms. The number of ether oxygens (including phenoxy) is 1. The summed E-state index contributed by atoms with van der Waals surface area (Å²) in [4.78, 5) is 58.8. The highest BCUT2D eigenvalue weighted by Crippen LogP contribution is 2.08. The summed E-state index contributed by atoms with van der Waals surface area (Å²) in [5, 5.41) is 4.96. The number of nitrogens with two attached hydrogens (primary N) is 1. The maximum atomic E-state index is 11.8. The van der Waals surface area contributed by atoms with Gasteiger partial charge >= 0.3 is 6.09 Å². The Morgan fingerprint density at radius 1 is 1.19 bits per heavy atom. The van der Waals surface area contributed by atoms with Crippen molar-refractivity contribution < 1.29 is 28.7 Å². The molecule has 5 amide bonds. The Balaban J connectivity index is 2.29. The Labute approximate surface area is 157 Å². The predicted octanol–water partition coefficient (Wildman–Crippen LogP) is -0.423. The summed E-state index contributed by atoms with van der Waals surface area (Å²) in [6, 6.07) is -1.03. The van der Waals surface area contributed by atoms with Gasteiger partial charge in [0.1, 0.15) is 11.6 Å². The highest BCUT2D eigenvalue weighted by Gasteiger charge is 2.24. The summed E-state index contributed by atoms with van der Waals surface area (Å²) in [7, 11) is 0. The van der Waals surface area contributed by atoms with E-state index >= 15 is 0 Å². The molecule has 1 atom stereocenters. The van der Waals surface area contributed by atoms with Gasteiger partial charge in [-0.2, -0.15) is 0 Å². The van der Waals surface area contributed by atoms with E-state index in [2.05, 4.69) is 10.6 Å². The predicted molar refractivity (Wildman–Crippen MR) is 95.1 cm³/mol. The molecular weight excluding hydrogens is 356 g/mol. The van der Waals surface area contributed by atoms with E-state index in [0.29, 0.717) is 6.42 Å². The van der Waals surface area contributed by atoms with E-state index in [-0.39, 0.29) is 43.7 Å². The van der Waals surface area contributed by atoms with Gasteiger partial charge in [-0.15, -0.1) is 0 Å². The molecule has 4 N–H and O–H groups in total. The number of carbonyl (C=O) groups is 5. The van der Waals surface area contributed by atoms with Crippen molar-refractivity contribution in [1.82, 2.24) is 15.5 Å². The van der Waals surface area contributed by atoms with Gasteiger partial charge in [-0.25, -0.2) is 4.79 Å². The maximum Gasteiger partial charge on any atom is 0.408 e. The topological polar surface area (TPSA) is 148 Å². The average Bonchev–Trinajstić information content (AvgIpc) is 2.84. The molecule has 1 heterocycles. The van der Waals surface area contributed by atoms with Crippen molar-refractivity contribution >= 4 is 29.7 Å². The second-order valence-corrected chi connectivity index (χ2v) is 7.00. The molecule has 0 aliphatic carbocycles. The molecule has 0 bridgehead atoms. The number of amides is 5. The molecular formula is C17H26N4O6. The zero-order valence-corrected chi connectivity index (χ0v) is 15.7. The lowest BCUT2D eigenvalue weighted by atomic mass is 10.1. The fourth-order valence-corrected chi connectivity index (χ4v) is 2.22. The Bertz CT molecular complexity index is 620. The average molecular weight is 382 g/mol. The minimum absolute atomic E-state index is 0.0213. The first-order valence-corrected chi connectivity index (χ1v) is 8.58. The summed E-state index contributed by atoms with van der Waals surface area (Å²) in [6.45, 7) is 5.50.